The third-order valence-electron chi connectivity index (χ3n) is 6.24. The molecule has 1 aromatic rings. The second-order valence-corrected chi connectivity index (χ2v) is 16.6. The third-order valence-corrected chi connectivity index (χ3v) is 13.9. The van der Waals surface area contributed by atoms with Gasteiger partial charge in [-0.1, -0.05) is 79.2 Å². The SMILES string of the molecule is CCC/C=C/CC(CCO[Si](C(C)C)(C(C)C)C(C)C)NS(=O)(=O)c1ccccc1[N+](=O)[O-]. The van der Waals surface area contributed by atoms with Crippen LogP contribution in [0.2, 0.25) is 16.6 Å². The topological polar surface area (TPSA) is 98.5 Å². The summed E-state index contributed by atoms with van der Waals surface area (Å²) in [4.78, 5) is 10.4. The van der Waals surface area contributed by atoms with Crippen LogP contribution in [0.25, 0.3) is 0 Å². The smallest absolute Gasteiger partial charge is 0.289 e. The van der Waals surface area contributed by atoms with Crippen LogP contribution in [-0.4, -0.2) is 34.3 Å². The quantitative estimate of drug-likeness (QED) is 0.128. The van der Waals surface area contributed by atoms with E-state index in [2.05, 4.69) is 53.2 Å². The van der Waals surface area contributed by atoms with Crippen LogP contribution < -0.4 is 4.72 Å². The number of nitro benzene ring substituents is 1. The van der Waals surface area contributed by atoms with E-state index in [9.17, 15) is 18.5 Å². The van der Waals surface area contributed by atoms with Crippen molar-refractivity contribution in [1.29, 1.82) is 0 Å². The van der Waals surface area contributed by atoms with Crippen molar-refractivity contribution in [3.63, 3.8) is 0 Å². The van der Waals surface area contributed by atoms with Crippen LogP contribution in [0, 0.1) is 10.1 Å². The predicted molar refractivity (Wildman–Crippen MR) is 137 cm³/mol. The summed E-state index contributed by atoms with van der Waals surface area (Å²) in [6.45, 7) is 15.8. The van der Waals surface area contributed by atoms with Gasteiger partial charge in [-0.3, -0.25) is 10.1 Å². The largest absolute Gasteiger partial charge is 0.416 e. The molecule has 0 aliphatic rings. The molecule has 1 atom stereocenters. The molecule has 0 aliphatic heterocycles. The minimum atomic E-state index is -4.06. The first-order valence-corrected chi connectivity index (χ1v) is 15.6. The molecule has 0 saturated carbocycles. The molecule has 1 N–H and O–H groups in total. The van der Waals surface area contributed by atoms with E-state index < -0.39 is 35.0 Å². The number of nitrogens with zero attached hydrogens (tertiary/aromatic N) is 1. The van der Waals surface area contributed by atoms with Gasteiger partial charge < -0.3 is 4.43 Å². The summed E-state index contributed by atoms with van der Waals surface area (Å²) in [5.41, 5.74) is 0.879. The minimum Gasteiger partial charge on any atom is -0.416 e. The van der Waals surface area contributed by atoms with Gasteiger partial charge in [-0.15, -0.1) is 0 Å². The van der Waals surface area contributed by atoms with Gasteiger partial charge in [0.25, 0.3) is 5.69 Å². The number of allylic oxidation sites excluding steroid dienone is 1. The summed E-state index contributed by atoms with van der Waals surface area (Å²) in [5, 5.41) is 11.4. The molecular formula is C24H42N2O5SSi. The highest BCUT2D eigenvalue weighted by Crippen LogP contribution is 2.42. The second-order valence-electron chi connectivity index (χ2n) is 9.49. The Bertz CT molecular complexity index is 863. The maximum absolute atomic E-state index is 13.1. The van der Waals surface area contributed by atoms with Crippen molar-refractivity contribution >= 4 is 24.0 Å². The molecule has 9 heteroatoms. The highest BCUT2D eigenvalue weighted by molar-refractivity contribution is 7.89. The number of unbranched alkanes of at least 4 members (excludes halogenated alkanes) is 1. The Morgan fingerprint density at radius 2 is 1.64 bits per heavy atom. The first-order valence-electron chi connectivity index (χ1n) is 11.9. The van der Waals surface area contributed by atoms with E-state index in [4.69, 9.17) is 4.43 Å². The second kappa shape index (κ2) is 13.4. The van der Waals surface area contributed by atoms with Crippen LogP contribution in [0.4, 0.5) is 5.69 Å². The monoisotopic (exact) mass is 498 g/mol. The average Bonchev–Trinajstić information content (AvgIpc) is 2.73. The number of nitrogens with one attached hydrogen (secondary N) is 1. The maximum atomic E-state index is 13.1. The van der Waals surface area contributed by atoms with Crippen molar-refractivity contribution in [2.24, 2.45) is 0 Å². The van der Waals surface area contributed by atoms with Crippen LogP contribution >= 0.6 is 0 Å². The third kappa shape index (κ3) is 8.01. The van der Waals surface area contributed by atoms with Crippen LogP contribution in [0.3, 0.4) is 0 Å². The van der Waals surface area contributed by atoms with Crippen molar-refractivity contribution in [1.82, 2.24) is 4.72 Å². The Morgan fingerprint density at radius 1 is 1.06 bits per heavy atom. The normalized spacial score (nSPS) is 14.0. The fourth-order valence-corrected chi connectivity index (χ4v) is 11.7. The molecule has 0 saturated heterocycles. The lowest BCUT2D eigenvalue weighted by Gasteiger charge is -2.42. The highest BCUT2D eigenvalue weighted by atomic mass is 32.2. The number of rotatable bonds is 15. The molecule has 0 aromatic heterocycles. The number of hydrogen-bond donors (Lipinski definition) is 1. The Labute approximate surface area is 201 Å². The van der Waals surface area contributed by atoms with Gasteiger partial charge in [0.15, 0.2) is 13.2 Å². The van der Waals surface area contributed by atoms with Gasteiger partial charge in [0.05, 0.1) is 4.92 Å². The standard InChI is InChI=1S/C24H42N2O5SSi/c1-8-9-10-11-14-22(17-18-31-33(19(2)3,20(4)5)21(6)7)25-32(29,30)24-16-13-12-15-23(24)26(27)28/h10-13,15-16,19-22,25H,8-9,14,17-18H2,1-7H3/b11-10+. The Morgan fingerprint density at radius 3 is 2.15 bits per heavy atom. The van der Waals surface area contributed by atoms with Gasteiger partial charge >= 0.3 is 0 Å². The van der Waals surface area contributed by atoms with Gasteiger partial charge in [0.2, 0.25) is 10.0 Å². The molecule has 188 valence electrons. The van der Waals surface area contributed by atoms with Crippen molar-refractivity contribution in [3.8, 4) is 0 Å². The van der Waals surface area contributed by atoms with E-state index in [-0.39, 0.29) is 4.90 Å². The maximum Gasteiger partial charge on any atom is 0.289 e. The van der Waals surface area contributed by atoms with E-state index in [1.807, 2.05) is 12.2 Å². The van der Waals surface area contributed by atoms with Crippen LogP contribution in [0.5, 0.6) is 0 Å². The van der Waals surface area contributed by atoms with Crippen LogP contribution in [0.15, 0.2) is 41.3 Å². The van der Waals surface area contributed by atoms with Crippen LogP contribution in [-0.2, 0) is 14.4 Å². The molecule has 0 heterocycles. The first-order chi connectivity index (χ1) is 15.4. The minimum absolute atomic E-state index is 0.311. The Hall–Kier alpha value is -1.55. The molecule has 1 rings (SSSR count). The van der Waals surface area contributed by atoms with E-state index in [0.717, 1.165) is 12.8 Å². The molecule has 0 spiro atoms. The summed E-state index contributed by atoms with van der Waals surface area (Å²) in [6, 6.07) is 5.02. The van der Waals surface area contributed by atoms with Gasteiger partial charge in [-0.2, -0.15) is 0 Å². The molecule has 0 radical (unpaired) electrons. The summed E-state index contributed by atoms with van der Waals surface area (Å²) in [5.74, 6) is 0. The molecule has 0 aliphatic carbocycles. The molecule has 0 fully saturated rings. The zero-order valence-electron chi connectivity index (χ0n) is 21.2. The summed E-state index contributed by atoms with van der Waals surface area (Å²) < 4.78 is 35.5. The van der Waals surface area contributed by atoms with Crippen molar-refractivity contribution in [3.05, 3.63) is 46.5 Å². The van der Waals surface area contributed by atoms with E-state index >= 15 is 0 Å². The zero-order chi connectivity index (χ0) is 25.2. The lowest BCUT2D eigenvalue weighted by atomic mass is 10.1. The lowest BCUT2D eigenvalue weighted by molar-refractivity contribution is -0.387. The highest BCUT2D eigenvalue weighted by Gasteiger charge is 2.45. The van der Waals surface area contributed by atoms with Gasteiger partial charge in [-0.05, 0) is 42.0 Å². The lowest BCUT2D eigenvalue weighted by Crippen LogP contribution is -2.48. The van der Waals surface area contributed by atoms with E-state index in [1.54, 1.807) is 0 Å². The first kappa shape index (κ1) is 29.5. The Kier molecular flexibility index (Phi) is 11.9. The van der Waals surface area contributed by atoms with Gasteiger partial charge in [0.1, 0.15) is 0 Å². The molecule has 1 unspecified atom stereocenters. The zero-order valence-corrected chi connectivity index (χ0v) is 23.0. The van der Waals surface area contributed by atoms with Crippen molar-refractivity contribution < 1.29 is 17.8 Å². The van der Waals surface area contributed by atoms with Crippen molar-refractivity contribution in [2.75, 3.05) is 6.61 Å². The van der Waals surface area contributed by atoms with Crippen LogP contribution in [0.1, 0.15) is 74.1 Å². The predicted octanol–water partition coefficient (Wildman–Crippen LogP) is 6.57. The Balaban J connectivity index is 3.10. The molecule has 1 aromatic carbocycles. The summed E-state index contributed by atoms with van der Waals surface area (Å²) in [7, 11) is -6.13. The molecule has 33 heavy (non-hydrogen) atoms. The molecule has 0 amide bonds. The number of para-hydroxylation sites is 1. The number of benzene rings is 1. The van der Waals surface area contributed by atoms with Gasteiger partial charge in [-0.25, -0.2) is 13.1 Å². The fraction of sp³-hybridized carbons (Fsp3) is 0.667. The number of nitro groups is 1. The van der Waals surface area contributed by atoms with Gasteiger partial charge in [0, 0.05) is 18.7 Å². The van der Waals surface area contributed by atoms with Crippen molar-refractivity contribution in [2.45, 2.75) is 102 Å². The van der Waals surface area contributed by atoms with E-state index in [0.29, 0.717) is 36.1 Å². The molecule has 7 nitrogen and oxygen atoms in total. The molecular weight excluding hydrogens is 456 g/mol. The fourth-order valence-electron chi connectivity index (χ4n) is 4.77. The van der Waals surface area contributed by atoms with E-state index in [1.165, 1.54) is 24.3 Å². The summed E-state index contributed by atoms with van der Waals surface area (Å²) >= 11 is 0. The number of sulfonamides is 1. The molecule has 0 bridgehead atoms. The number of hydrogen-bond acceptors (Lipinski definition) is 5. The summed E-state index contributed by atoms with van der Waals surface area (Å²) in [6.07, 6.45) is 6.96. The average molecular weight is 499 g/mol.